The Morgan fingerprint density at radius 2 is 2.03 bits per heavy atom. The Morgan fingerprint density at radius 3 is 2.70 bits per heavy atom. The molecule has 3 aliphatic carbocycles. The maximum Gasteiger partial charge on any atom is 0.346 e. The highest BCUT2D eigenvalue weighted by atomic mass is 16.5. The number of nitrogens with one attached hydrogen (secondary N) is 1. The summed E-state index contributed by atoms with van der Waals surface area (Å²) in [6.07, 6.45) is 5.32. The molecule has 4 fully saturated rings. The van der Waals surface area contributed by atoms with Gasteiger partial charge in [0.25, 0.3) is 0 Å². The van der Waals surface area contributed by atoms with Crippen LogP contribution in [-0.2, 0) is 11.3 Å². The normalized spacial score (nSPS) is 29.6. The Labute approximate surface area is 176 Å². The number of likely N-dealkylation sites (tertiary alicyclic amines) is 1. The quantitative estimate of drug-likeness (QED) is 0.680. The van der Waals surface area contributed by atoms with E-state index in [4.69, 9.17) is 9.47 Å². The second kappa shape index (κ2) is 7.25. The summed E-state index contributed by atoms with van der Waals surface area (Å²) in [6, 6.07) is 11.3. The highest BCUT2D eigenvalue weighted by Crippen LogP contribution is 2.65. The van der Waals surface area contributed by atoms with E-state index in [9.17, 15) is 9.90 Å². The molecule has 158 valence electrons. The van der Waals surface area contributed by atoms with E-state index >= 15 is 0 Å². The van der Waals surface area contributed by atoms with Crippen molar-refractivity contribution < 1.29 is 19.4 Å². The average Bonchev–Trinajstić information content (AvgIpc) is 3.14. The molecule has 0 radical (unpaired) electrons. The van der Waals surface area contributed by atoms with Crippen LogP contribution in [0.1, 0.15) is 41.6 Å². The molecule has 1 unspecified atom stereocenters. The molecule has 30 heavy (non-hydrogen) atoms. The molecular weight excluding hydrogens is 382 g/mol. The molecule has 7 heteroatoms. The van der Waals surface area contributed by atoms with Crippen molar-refractivity contribution in [3.63, 3.8) is 0 Å². The van der Waals surface area contributed by atoms with Gasteiger partial charge in [-0.25, -0.2) is 9.78 Å². The van der Waals surface area contributed by atoms with Gasteiger partial charge < -0.3 is 19.9 Å². The summed E-state index contributed by atoms with van der Waals surface area (Å²) in [5, 5.41) is 13.4. The summed E-state index contributed by atoms with van der Waals surface area (Å²) in [6.45, 7) is 1.93. The molecule has 0 spiro atoms. The summed E-state index contributed by atoms with van der Waals surface area (Å²) < 4.78 is 11.0. The van der Waals surface area contributed by atoms with Crippen molar-refractivity contribution in [3.8, 4) is 5.75 Å². The minimum Gasteiger partial charge on any atom is -0.496 e. The van der Waals surface area contributed by atoms with Crippen molar-refractivity contribution in [1.29, 1.82) is 0 Å². The van der Waals surface area contributed by atoms with Crippen LogP contribution >= 0.6 is 0 Å². The van der Waals surface area contributed by atoms with Crippen molar-refractivity contribution in [2.75, 3.05) is 25.5 Å². The van der Waals surface area contributed by atoms with Crippen molar-refractivity contribution in [3.05, 3.63) is 53.7 Å². The van der Waals surface area contributed by atoms with E-state index in [1.54, 1.807) is 19.4 Å². The molecule has 2 heterocycles. The van der Waals surface area contributed by atoms with Gasteiger partial charge >= 0.3 is 5.97 Å². The number of aliphatic hydroxyl groups is 1. The topological polar surface area (TPSA) is 83.9 Å². The summed E-state index contributed by atoms with van der Waals surface area (Å²) >= 11 is 0. The molecule has 1 aromatic carbocycles. The van der Waals surface area contributed by atoms with Crippen LogP contribution in [0.3, 0.4) is 0 Å². The van der Waals surface area contributed by atoms with Gasteiger partial charge in [-0.2, -0.15) is 0 Å². The maximum atomic E-state index is 12.9. The number of esters is 1. The third kappa shape index (κ3) is 3.22. The number of carbonyl (C=O) groups is 1. The fraction of sp³-hybridized carbons (Fsp3) is 0.478. The first-order valence-electron chi connectivity index (χ1n) is 10.5. The molecule has 3 saturated carbocycles. The predicted molar refractivity (Wildman–Crippen MR) is 111 cm³/mol. The zero-order valence-corrected chi connectivity index (χ0v) is 17.1. The molecule has 6 rings (SSSR count). The molecule has 0 amide bonds. The Morgan fingerprint density at radius 1 is 1.27 bits per heavy atom. The van der Waals surface area contributed by atoms with Gasteiger partial charge in [-0.15, -0.1) is 0 Å². The smallest absolute Gasteiger partial charge is 0.346 e. The van der Waals surface area contributed by atoms with Crippen LogP contribution < -0.4 is 10.1 Å². The number of aliphatic hydroxyl groups excluding tert-OH is 1. The van der Waals surface area contributed by atoms with Gasteiger partial charge in [0.05, 0.1) is 13.2 Å². The molecule has 2 bridgehead atoms. The zero-order chi connectivity index (χ0) is 20.8. The number of nitrogens with zero attached hydrogens (tertiary/aromatic N) is 2. The zero-order valence-electron chi connectivity index (χ0n) is 17.1. The summed E-state index contributed by atoms with van der Waals surface area (Å²) in [5.74, 6) is 0.520. The standard InChI is InChI=1S/C23H27N3O4/c1-29-18-7-9-24-20(19(18)21(28)30-12-16-5-3-2-4-6-16)25-22-13-23(14-22,15-22)26-10-8-17(27)11-26/h2-7,9,17,27H,8,10-15H2,1H3,(H,24,25). The first-order chi connectivity index (χ1) is 14.5. The first kappa shape index (κ1) is 19.3. The summed E-state index contributed by atoms with van der Waals surface area (Å²) in [5.41, 5.74) is 1.43. The Bertz CT molecular complexity index is 929. The number of aromatic nitrogens is 1. The Balaban J connectivity index is 1.29. The van der Waals surface area contributed by atoms with Crippen LogP contribution in [-0.4, -0.2) is 58.3 Å². The number of benzene rings is 1. The van der Waals surface area contributed by atoms with Crippen LogP contribution in [0.5, 0.6) is 5.75 Å². The molecule has 1 atom stereocenters. The van der Waals surface area contributed by atoms with Crippen molar-refractivity contribution >= 4 is 11.8 Å². The van der Waals surface area contributed by atoms with E-state index in [0.29, 0.717) is 17.1 Å². The van der Waals surface area contributed by atoms with Gasteiger partial charge in [-0.1, -0.05) is 30.3 Å². The van der Waals surface area contributed by atoms with E-state index < -0.39 is 5.97 Å². The lowest BCUT2D eigenvalue weighted by Crippen LogP contribution is -2.81. The van der Waals surface area contributed by atoms with E-state index in [0.717, 1.165) is 44.3 Å². The van der Waals surface area contributed by atoms with Gasteiger partial charge in [0.2, 0.25) is 0 Å². The monoisotopic (exact) mass is 409 g/mol. The number of β-amino-alcohol motifs (C(OH)–C–C–N with tert-alkyl or cyclic N) is 1. The van der Waals surface area contributed by atoms with E-state index in [1.807, 2.05) is 30.3 Å². The maximum absolute atomic E-state index is 12.9. The second-order valence-electron chi connectivity index (χ2n) is 8.85. The summed E-state index contributed by atoms with van der Waals surface area (Å²) in [7, 11) is 1.54. The number of carbonyl (C=O) groups excluding carboxylic acids is 1. The fourth-order valence-electron chi connectivity index (χ4n) is 5.33. The molecular formula is C23H27N3O4. The largest absolute Gasteiger partial charge is 0.496 e. The molecule has 2 aromatic rings. The Hall–Kier alpha value is -2.64. The third-order valence-electron chi connectivity index (χ3n) is 6.77. The molecule has 2 N–H and O–H groups in total. The lowest BCUT2D eigenvalue weighted by Gasteiger charge is -2.73. The highest BCUT2D eigenvalue weighted by Gasteiger charge is 2.71. The van der Waals surface area contributed by atoms with Gasteiger partial charge in [0.1, 0.15) is 23.7 Å². The van der Waals surface area contributed by atoms with E-state index in [-0.39, 0.29) is 23.8 Å². The number of pyridine rings is 1. The Kier molecular flexibility index (Phi) is 4.67. The minimum atomic E-state index is -0.449. The first-order valence-corrected chi connectivity index (χ1v) is 10.5. The minimum absolute atomic E-state index is 0.0403. The molecule has 1 aromatic heterocycles. The number of rotatable bonds is 7. The molecule has 1 saturated heterocycles. The number of methoxy groups -OCH3 is 1. The average molecular weight is 409 g/mol. The lowest BCUT2D eigenvalue weighted by atomic mass is 9.43. The fourth-order valence-corrected chi connectivity index (χ4v) is 5.33. The van der Waals surface area contributed by atoms with Gasteiger partial charge in [0.15, 0.2) is 0 Å². The predicted octanol–water partition coefficient (Wildman–Crippen LogP) is 2.60. The number of anilines is 1. The second-order valence-corrected chi connectivity index (χ2v) is 8.85. The van der Waals surface area contributed by atoms with E-state index in [2.05, 4.69) is 15.2 Å². The van der Waals surface area contributed by atoms with Crippen molar-refractivity contribution in [1.82, 2.24) is 9.88 Å². The molecule has 7 nitrogen and oxygen atoms in total. The molecule has 4 aliphatic rings. The van der Waals surface area contributed by atoms with Crippen molar-refractivity contribution in [2.24, 2.45) is 0 Å². The van der Waals surface area contributed by atoms with Crippen LogP contribution in [0.4, 0.5) is 5.82 Å². The SMILES string of the molecule is COc1ccnc(NC23CC(N4CCC(O)C4)(C2)C3)c1C(=O)OCc1ccccc1. The van der Waals surface area contributed by atoms with Crippen LogP contribution in [0, 0.1) is 0 Å². The van der Waals surface area contributed by atoms with Crippen molar-refractivity contribution in [2.45, 2.75) is 49.5 Å². The number of hydrogen-bond acceptors (Lipinski definition) is 7. The van der Waals surface area contributed by atoms with Crippen LogP contribution in [0.2, 0.25) is 0 Å². The number of hydrogen-bond donors (Lipinski definition) is 2. The van der Waals surface area contributed by atoms with Gasteiger partial charge in [0, 0.05) is 30.4 Å². The van der Waals surface area contributed by atoms with Crippen LogP contribution in [0.15, 0.2) is 42.6 Å². The lowest BCUT2D eigenvalue weighted by molar-refractivity contribution is -0.145. The summed E-state index contributed by atoms with van der Waals surface area (Å²) in [4.78, 5) is 19.8. The molecule has 1 aliphatic heterocycles. The van der Waals surface area contributed by atoms with Gasteiger partial charge in [-0.3, -0.25) is 4.90 Å². The number of ether oxygens (including phenoxy) is 2. The highest BCUT2D eigenvalue weighted by molar-refractivity contribution is 5.97. The third-order valence-corrected chi connectivity index (χ3v) is 6.77. The van der Waals surface area contributed by atoms with Crippen LogP contribution in [0.25, 0.3) is 0 Å². The van der Waals surface area contributed by atoms with E-state index in [1.165, 1.54) is 0 Å². The van der Waals surface area contributed by atoms with Gasteiger partial charge in [-0.05, 0) is 37.3 Å².